The molecule has 14 atom stereocenters. The van der Waals surface area contributed by atoms with Gasteiger partial charge in [0, 0.05) is 66.4 Å². The largest absolute Gasteiger partial charge is 0.465 e. The Morgan fingerprint density at radius 1 is 0.773 bits per heavy atom. The summed E-state index contributed by atoms with van der Waals surface area (Å²) >= 11 is 0. The zero-order valence-corrected chi connectivity index (χ0v) is 42.5. The van der Waals surface area contributed by atoms with Gasteiger partial charge in [-0.1, -0.05) is 59.7 Å². The van der Waals surface area contributed by atoms with Gasteiger partial charge in [-0.2, -0.15) is 0 Å². The van der Waals surface area contributed by atoms with Gasteiger partial charge in [-0.25, -0.2) is 4.79 Å². The molecule has 3 aliphatic rings. The first-order valence-corrected chi connectivity index (χ1v) is 23.7. The van der Waals surface area contributed by atoms with Crippen LogP contribution in [0.5, 0.6) is 0 Å². The lowest BCUT2D eigenvalue weighted by molar-refractivity contribution is -0.377. The number of nitrogens with zero attached hydrogens (tertiary/aromatic N) is 3. The molecule has 75 heavy (non-hydrogen) atoms. The van der Waals surface area contributed by atoms with Crippen molar-refractivity contribution in [1.29, 1.82) is 0 Å². The Morgan fingerprint density at radius 3 is 2.00 bits per heavy atom. The number of benzene rings is 2. The van der Waals surface area contributed by atoms with Crippen LogP contribution in [-0.4, -0.2) is 172 Å². The molecule has 410 valence electrons. The van der Waals surface area contributed by atoms with Crippen molar-refractivity contribution in [1.82, 2.24) is 5.32 Å². The minimum Gasteiger partial charge on any atom is -0.465 e. The molecule has 3 fully saturated rings. The van der Waals surface area contributed by atoms with Crippen molar-refractivity contribution in [2.45, 2.75) is 153 Å². The van der Waals surface area contributed by atoms with Gasteiger partial charge in [0.15, 0.2) is 24.6 Å². The van der Waals surface area contributed by atoms with E-state index in [0.29, 0.717) is 0 Å². The summed E-state index contributed by atoms with van der Waals surface area (Å²) in [5.41, 5.74) is 12.1. The molecule has 0 spiro atoms. The highest BCUT2D eigenvalue weighted by molar-refractivity contribution is 5.79. The minimum absolute atomic E-state index is 0.0117. The average Bonchev–Trinajstić information content (AvgIpc) is 3.34. The summed E-state index contributed by atoms with van der Waals surface area (Å²) in [5.74, 6) is -10.7. The third kappa shape index (κ3) is 16.6. The molecule has 2 aromatic carbocycles. The van der Waals surface area contributed by atoms with Crippen LogP contribution < -0.4 is 5.32 Å². The van der Waals surface area contributed by atoms with Crippen molar-refractivity contribution in [3.8, 4) is 11.1 Å². The number of nitrogens with one attached hydrogen (secondary N) is 1. The second kappa shape index (κ2) is 27.7. The Kier molecular flexibility index (Phi) is 21.8. The van der Waals surface area contributed by atoms with Crippen LogP contribution >= 0.6 is 0 Å². The van der Waals surface area contributed by atoms with Gasteiger partial charge in [-0.05, 0) is 22.2 Å². The number of amides is 1. The first-order valence-electron chi connectivity index (χ1n) is 23.7. The van der Waals surface area contributed by atoms with Crippen LogP contribution in [0.4, 0.5) is 0 Å². The van der Waals surface area contributed by atoms with E-state index < -0.39 is 153 Å². The molecule has 0 unspecified atom stereocenters. The molecule has 0 bridgehead atoms. The predicted molar refractivity (Wildman–Crippen MR) is 251 cm³/mol. The molecule has 0 radical (unpaired) electrons. The van der Waals surface area contributed by atoms with Crippen LogP contribution in [0.3, 0.4) is 0 Å². The molecule has 1 amide bonds. The zero-order chi connectivity index (χ0) is 55.0. The lowest BCUT2D eigenvalue weighted by Gasteiger charge is -2.51. The van der Waals surface area contributed by atoms with Gasteiger partial charge in [0.05, 0.1) is 39.3 Å². The van der Waals surface area contributed by atoms with Crippen LogP contribution in [0.2, 0.25) is 0 Å². The summed E-state index contributed by atoms with van der Waals surface area (Å²) in [5, 5.41) is 18.2. The number of ether oxygens (including phenoxy) is 13. The maximum absolute atomic E-state index is 14.4. The molecule has 0 saturated carbocycles. The van der Waals surface area contributed by atoms with E-state index in [2.05, 4.69) is 15.3 Å². The quantitative estimate of drug-likeness (QED) is 0.0561. The molecule has 3 aliphatic heterocycles. The fourth-order valence-corrected chi connectivity index (χ4v) is 8.81. The molecular formula is C49H62N4O22. The van der Waals surface area contributed by atoms with Crippen molar-refractivity contribution >= 4 is 47.7 Å². The van der Waals surface area contributed by atoms with Gasteiger partial charge >= 0.3 is 41.8 Å². The van der Waals surface area contributed by atoms with Crippen LogP contribution in [0, 0.1) is 0 Å². The maximum atomic E-state index is 14.4. The number of carbonyl (C=O) groups excluding carboxylic acids is 8. The van der Waals surface area contributed by atoms with E-state index in [1.165, 1.54) is 0 Å². The highest BCUT2D eigenvalue weighted by Gasteiger charge is 2.63. The highest BCUT2D eigenvalue weighted by atomic mass is 16.8. The molecule has 26 nitrogen and oxygen atoms in total. The number of hydrogen-bond donors (Lipinski definition) is 2. The van der Waals surface area contributed by atoms with E-state index in [1.807, 2.05) is 54.6 Å². The molecule has 3 heterocycles. The Bertz CT molecular complexity index is 2360. The second-order valence-corrected chi connectivity index (χ2v) is 17.6. The topological polar surface area (TPSA) is 338 Å². The lowest BCUT2D eigenvalue weighted by atomic mass is 9.87. The summed E-state index contributed by atoms with van der Waals surface area (Å²) in [6.45, 7) is 5.80. The standard InChI is InChI=1S/C49H62N4O22/c1-25(54)52-40-36(67-27(3)56)20-49(48(62)63-8,74-44(40)43(70-30(6)59)37(21-51-53-50)68-28(4)57)75-45-41(61)38(24-66-26(2)55)73-47(46(45)71-31(7)60)72-35-18-19-65-39(42(35)69-29(5)58)23-64-22-32-14-16-34(17-15-32)33-12-10-9-11-13-33/h9-17,35-47,61H,18-24H2,1-8H3,(H,52,54)/t35-,36+,37-,38-,39-,40-,41+,42-,43-,44-,45+,46-,47-,49+/m1/s1. The molecule has 2 N–H and O–H groups in total. The third-order valence-electron chi connectivity index (χ3n) is 11.8. The number of rotatable bonds is 22. The maximum Gasteiger partial charge on any atom is 0.366 e. The first-order chi connectivity index (χ1) is 35.6. The Labute approximate surface area is 430 Å². The van der Waals surface area contributed by atoms with Crippen molar-refractivity contribution < 1.29 is 105 Å². The number of aliphatic hydroxyl groups is 1. The van der Waals surface area contributed by atoms with Crippen LogP contribution in [0.15, 0.2) is 59.7 Å². The molecule has 26 heteroatoms. The monoisotopic (exact) mass is 1060 g/mol. The van der Waals surface area contributed by atoms with E-state index >= 15 is 0 Å². The van der Waals surface area contributed by atoms with Crippen molar-refractivity contribution in [3.63, 3.8) is 0 Å². The smallest absolute Gasteiger partial charge is 0.366 e. The summed E-state index contributed by atoms with van der Waals surface area (Å²) in [6, 6.07) is 15.9. The number of azide groups is 1. The summed E-state index contributed by atoms with van der Waals surface area (Å²) in [7, 11) is 0.904. The van der Waals surface area contributed by atoms with E-state index in [-0.39, 0.29) is 26.2 Å². The Morgan fingerprint density at radius 2 is 1.41 bits per heavy atom. The Hall–Kier alpha value is -6.77. The van der Waals surface area contributed by atoms with Gasteiger partial charge in [0.1, 0.15) is 55.4 Å². The van der Waals surface area contributed by atoms with Crippen LogP contribution in [0.25, 0.3) is 21.6 Å². The number of methoxy groups -OCH3 is 1. The molecule has 0 aromatic heterocycles. The van der Waals surface area contributed by atoms with Gasteiger partial charge in [-0.3, -0.25) is 33.6 Å². The lowest BCUT2D eigenvalue weighted by Crippen LogP contribution is -2.71. The van der Waals surface area contributed by atoms with E-state index in [1.54, 1.807) is 0 Å². The number of esters is 7. The molecule has 5 rings (SSSR count). The van der Waals surface area contributed by atoms with Crippen molar-refractivity contribution in [3.05, 3.63) is 70.6 Å². The molecule has 0 aliphatic carbocycles. The SMILES string of the molecule is COC(=O)[C@@]1(O[C@H]2[C@@H](O)[C@@H](COC(C)=O)O[C@@H](O[C@@H]3CCO[C@H](COCc4ccc(-c5ccccc5)cc4)[C@@H]3OC(C)=O)[C@@H]2OC(C)=O)C[C@H](OC(C)=O)[C@@H](NC(C)=O)[C@H]([C@H](OC(C)=O)[C@@H](CN=[N+]=[N-])OC(C)=O)O1. The average molecular weight is 1060 g/mol. The van der Waals surface area contributed by atoms with Crippen LogP contribution in [-0.2, 0) is 107 Å². The highest BCUT2D eigenvalue weighted by Crippen LogP contribution is 2.41. The summed E-state index contributed by atoms with van der Waals surface area (Å²) < 4.78 is 76.3. The van der Waals surface area contributed by atoms with Gasteiger partial charge in [0.25, 0.3) is 5.79 Å². The van der Waals surface area contributed by atoms with Gasteiger partial charge in [0.2, 0.25) is 5.91 Å². The molecule has 2 aromatic rings. The second-order valence-electron chi connectivity index (χ2n) is 17.6. The van der Waals surface area contributed by atoms with Crippen LogP contribution in [0.1, 0.15) is 66.9 Å². The summed E-state index contributed by atoms with van der Waals surface area (Å²) in [6.07, 6.45) is -21.0. The van der Waals surface area contributed by atoms with Gasteiger partial charge in [-0.15, -0.1) is 0 Å². The number of hydrogen-bond acceptors (Lipinski definition) is 23. The molecule has 3 saturated heterocycles. The number of aliphatic hydroxyl groups excluding tert-OH is 1. The minimum atomic E-state index is -2.96. The normalized spacial score (nSPS) is 28.1. The fourth-order valence-electron chi connectivity index (χ4n) is 8.81. The number of carbonyl (C=O) groups is 8. The van der Waals surface area contributed by atoms with E-state index in [4.69, 9.17) is 61.6 Å². The van der Waals surface area contributed by atoms with E-state index in [9.17, 15) is 49.0 Å². The van der Waals surface area contributed by atoms with Gasteiger partial charge < -0.3 is 72.0 Å². The fraction of sp³-hybridized carbons (Fsp3) is 0.592. The predicted octanol–water partition coefficient (Wildman–Crippen LogP) is 2.21. The van der Waals surface area contributed by atoms with Crippen molar-refractivity contribution in [2.75, 3.05) is 33.5 Å². The first kappa shape index (κ1) is 59.1. The summed E-state index contributed by atoms with van der Waals surface area (Å²) in [4.78, 5) is 106. The zero-order valence-electron chi connectivity index (χ0n) is 42.5. The molecular weight excluding hydrogens is 997 g/mol. The Balaban J connectivity index is 1.56. The van der Waals surface area contributed by atoms with E-state index in [0.717, 1.165) is 72.3 Å². The third-order valence-corrected chi connectivity index (χ3v) is 11.8. The van der Waals surface area contributed by atoms with Crippen molar-refractivity contribution in [2.24, 2.45) is 5.11 Å².